The van der Waals surface area contributed by atoms with Crippen molar-refractivity contribution in [2.24, 2.45) is 0 Å². The smallest absolute Gasteiger partial charge is 0.164 e. The van der Waals surface area contributed by atoms with E-state index in [0.29, 0.717) is 17.5 Å². The highest BCUT2D eigenvalue weighted by molar-refractivity contribution is 6.18. The Morgan fingerprint density at radius 3 is 1.67 bits per heavy atom. The molecular formula is C45H25N3O3. The van der Waals surface area contributed by atoms with Crippen molar-refractivity contribution in [3.05, 3.63) is 152 Å². The summed E-state index contributed by atoms with van der Waals surface area (Å²) in [6.07, 6.45) is 0. The molecule has 0 amide bonds. The summed E-state index contributed by atoms with van der Waals surface area (Å²) in [6, 6.07) is 51.0. The van der Waals surface area contributed by atoms with E-state index >= 15 is 0 Å². The summed E-state index contributed by atoms with van der Waals surface area (Å²) in [4.78, 5) is 15.3. The highest BCUT2D eigenvalue weighted by Crippen LogP contribution is 2.44. The number of para-hydroxylation sites is 4. The van der Waals surface area contributed by atoms with E-state index in [9.17, 15) is 0 Å². The first-order chi connectivity index (χ1) is 25.3. The number of hydrogen-bond donors (Lipinski definition) is 0. The van der Waals surface area contributed by atoms with Crippen LogP contribution in [0.2, 0.25) is 0 Å². The van der Waals surface area contributed by atoms with Crippen molar-refractivity contribution in [1.82, 2.24) is 15.0 Å². The zero-order valence-corrected chi connectivity index (χ0v) is 27.0. The number of furan rings is 3. The maximum Gasteiger partial charge on any atom is 0.164 e. The van der Waals surface area contributed by atoms with Gasteiger partial charge in [0.15, 0.2) is 17.5 Å². The van der Waals surface area contributed by atoms with Crippen molar-refractivity contribution in [3.63, 3.8) is 0 Å². The zero-order valence-electron chi connectivity index (χ0n) is 27.0. The van der Waals surface area contributed by atoms with Crippen LogP contribution in [0.3, 0.4) is 0 Å². The zero-order chi connectivity index (χ0) is 33.5. The fourth-order valence-corrected chi connectivity index (χ4v) is 7.39. The number of benzene rings is 7. The van der Waals surface area contributed by atoms with Gasteiger partial charge in [0.05, 0.1) is 0 Å². The standard InChI is InChI=1S/C45H25N3O3/c1-2-11-26(12-3-1)43-46-44(27-21-22-30-28-13-4-7-18-36(28)49-39(30)25-27)48-45(47-43)35-24-23-33(42-40(35)34-15-6-9-20-38(34)51-42)32-17-10-16-31-29-14-5-8-19-37(29)50-41(31)32/h1-25H. The SMILES string of the molecule is c1ccc(-c2nc(-c3ccc4c(c3)oc3ccccc34)nc(-c3ccc(-c4cccc5c4oc4ccccc45)c4oc5ccccc5c34)n2)cc1. The van der Waals surface area contributed by atoms with E-state index < -0.39 is 0 Å². The normalized spacial score (nSPS) is 11.9. The second-order valence-electron chi connectivity index (χ2n) is 12.7. The molecule has 7 aromatic carbocycles. The molecule has 0 aliphatic rings. The molecule has 0 fully saturated rings. The Morgan fingerprint density at radius 1 is 0.314 bits per heavy atom. The molecule has 0 aliphatic heterocycles. The van der Waals surface area contributed by atoms with Crippen molar-refractivity contribution in [2.45, 2.75) is 0 Å². The predicted octanol–water partition coefficient (Wildman–Crippen LogP) is 12.2. The molecular weight excluding hydrogens is 631 g/mol. The van der Waals surface area contributed by atoms with Crippen LogP contribution in [0.1, 0.15) is 0 Å². The molecule has 0 bridgehead atoms. The Kier molecular flexibility index (Phi) is 5.86. The van der Waals surface area contributed by atoms with Crippen LogP contribution in [0.15, 0.2) is 165 Å². The summed E-state index contributed by atoms with van der Waals surface area (Å²) in [7, 11) is 0. The van der Waals surface area contributed by atoms with E-state index in [4.69, 9.17) is 28.2 Å². The van der Waals surface area contributed by atoms with Gasteiger partial charge in [-0.2, -0.15) is 0 Å². The molecule has 0 unspecified atom stereocenters. The Labute approximate surface area is 290 Å². The van der Waals surface area contributed by atoms with E-state index in [0.717, 1.165) is 93.6 Å². The number of aromatic nitrogens is 3. The van der Waals surface area contributed by atoms with Crippen LogP contribution in [0.25, 0.3) is 111 Å². The van der Waals surface area contributed by atoms with Gasteiger partial charge in [-0.3, -0.25) is 0 Å². The average molecular weight is 656 g/mol. The molecule has 0 radical (unpaired) electrons. The molecule has 51 heavy (non-hydrogen) atoms. The summed E-state index contributed by atoms with van der Waals surface area (Å²) in [5.41, 5.74) is 9.30. The van der Waals surface area contributed by atoms with Gasteiger partial charge in [0, 0.05) is 60.1 Å². The van der Waals surface area contributed by atoms with E-state index in [1.54, 1.807) is 0 Å². The van der Waals surface area contributed by atoms with Crippen LogP contribution in [0.5, 0.6) is 0 Å². The largest absolute Gasteiger partial charge is 0.456 e. The second kappa shape index (κ2) is 10.7. The Balaban J connectivity index is 1.17. The minimum absolute atomic E-state index is 0.550. The number of nitrogens with zero attached hydrogens (tertiary/aromatic N) is 3. The maximum absolute atomic E-state index is 6.70. The minimum Gasteiger partial charge on any atom is -0.456 e. The van der Waals surface area contributed by atoms with Crippen LogP contribution in [-0.2, 0) is 0 Å². The molecule has 0 N–H and O–H groups in total. The number of rotatable bonds is 4. The van der Waals surface area contributed by atoms with Crippen LogP contribution >= 0.6 is 0 Å². The number of fused-ring (bicyclic) bond motifs is 9. The fraction of sp³-hybridized carbons (Fsp3) is 0. The maximum atomic E-state index is 6.70. The quantitative estimate of drug-likeness (QED) is 0.188. The molecule has 6 nitrogen and oxygen atoms in total. The molecule has 0 spiro atoms. The molecule has 0 aliphatic carbocycles. The van der Waals surface area contributed by atoms with E-state index in [1.165, 1.54) is 0 Å². The lowest BCUT2D eigenvalue weighted by molar-refractivity contribution is 0.665. The lowest BCUT2D eigenvalue weighted by atomic mass is 9.96. The summed E-state index contributed by atoms with van der Waals surface area (Å²) < 4.78 is 19.4. The Bertz CT molecular complexity index is 3150. The van der Waals surface area contributed by atoms with Crippen molar-refractivity contribution in [2.75, 3.05) is 0 Å². The van der Waals surface area contributed by atoms with Crippen molar-refractivity contribution in [3.8, 4) is 45.3 Å². The Morgan fingerprint density at radius 2 is 0.863 bits per heavy atom. The third-order valence-electron chi connectivity index (χ3n) is 9.77. The highest BCUT2D eigenvalue weighted by Gasteiger charge is 2.23. The topological polar surface area (TPSA) is 78.1 Å². The third-order valence-corrected chi connectivity index (χ3v) is 9.77. The molecule has 0 atom stereocenters. The lowest BCUT2D eigenvalue weighted by Gasteiger charge is -2.11. The molecule has 4 aromatic heterocycles. The van der Waals surface area contributed by atoms with E-state index in [2.05, 4.69) is 60.7 Å². The van der Waals surface area contributed by atoms with Crippen LogP contribution in [-0.4, -0.2) is 15.0 Å². The summed E-state index contributed by atoms with van der Waals surface area (Å²) in [6.45, 7) is 0. The van der Waals surface area contributed by atoms with Crippen molar-refractivity contribution >= 4 is 65.8 Å². The first-order valence-electron chi connectivity index (χ1n) is 16.9. The molecule has 0 saturated carbocycles. The van der Waals surface area contributed by atoms with Crippen molar-refractivity contribution < 1.29 is 13.3 Å². The first-order valence-corrected chi connectivity index (χ1v) is 16.9. The van der Waals surface area contributed by atoms with Crippen LogP contribution in [0.4, 0.5) is 0 Å². The van der Waals surface area contributed by atoms with Gasteiger partial charge in [0.25, 0.3) is 0 Å². The monoisotopic (exact) mass is 655 g/mol. The van der Waals surface area contributed by atoms with Gasteiger partial charge >= 0.3 is 0 Å². The second-order valence-corrected chi connectivity index (χ2v) is 12.7. The van der Waals surface area contributed by atoms with Crippen molar-refractivity contribution in [1.29, 1.82) is 0 Å². The van der Waals surface area contributed by atoms with Gasteiger partial charge < -0.3 is 13.3 Å². The average Bonchev–Trinajstić information content (AvgIpc) is 3.89. The number of hydrogen-bond acceptors (Lipinski definition) is 6. The van der Waals surface area contributed by atoms with Gasteiger partial charge in [0.1, 0.15) is 33.5 Å². The van der Waals surface area contributed by atoms with Gasteiger partial charge in [-0.1, -0.05) is 109 Å². The first kappa shape index (κ1) is 27.9. The molecule has 4 heterocycles. The summed E-state index contributed by atoms with van der Waals surface area (Å²) in [5, 5.41) is 6.18. The third kappa shape index (κ3) is 4.26. The molecule has 11 rings (SSSR count). The molecule has 6 heteroatoms. The lowest BCUT2D eigenvalue weighted by Crippen LogP contribution is -2.00. The fourth-order valence-electron chi connectivity index (χ4n) is 7.39. The van der Waals surface area contributed by atoms with Gasteiger partial charge in [-0.05, 0) is 42.5 Å². The molecule has 0 saturated heterocycles. The minimum atomic E-state index is 0.550. The molecule has 238 valence electrons. The van der Waals surface area contributed by atoms with Gasteiger partial charge in [-0.25, -0.2) is 15.0 Å². The van der Waals surface area contributed by atoms with Gasteiger partial charge in [0.2, 0.25) is 0 Å². The highest BCUT2D eigenvalue weighted by atomic mass is 16.3. The molecule has 11 aromatic rings. The van der Waals surface area contributed by atoms with Crippen LogP contribution in [0, 0.1) is 0 Å². The summed E-state index contributed by atoms with van der Waals surface area (Å²) in [5.74, 6) is 1.68. The van der Waals surface area contributed by atoms with Gasteiger partial charge in [-0.15, -0.1) is 0 Å². The summed E-state index contributed by atoms with van der Waals surface area (Å²) >= 11 is 0. The Hall–Kier alpha value is -7.05. The van der Waals surface area contributed by atoms with E-state index in [1.807, 2.05) is 91.0 Å². The van der Waals surface area contributed by atoms with Crippen LogP contribution < -0.4 is 0 Å². The predicted molar refractivity (Wildman–Crippen MR) is 203 cm³/mol. The van der Waals surface area contributed by atoms with E-state index in [-0.39, 0.29) is 0 Å².